The predicted molar refractivity (Wildman–Crippen MR) is 108 cm³/mol. The molecule has 2 aromatic heterocycles. The van der Waals surface area contributed by atoms with Crippen LogP contribution in [0.25, 0.3) is 10.2 Å². The summed E-state index contributed by atoms with van der Waals surface area (Å²) in [5, 5.41) is 1.12. The van der Waals surface area contributed by atoms with Gasteiger partial charge in [-0.15, -0.1) is 11.3 Å². The molecular formula is C20H22N4O2S. The normalized spacial score (nSPS) is 14.6. The monoisotopic (exact) mass is 382 g/mol. The third kappa shape index (κ3) is 3.88. The van der Waals surface area contributed by atoms with Gasteiger partial charge >= 0.3 is 0 Å². The van der Waals surface area contributed by atoms with Gasteiger partial charge in [-0.2, -0.15) is 0 Å². The molecule has 1 amide bonds. The lowest BCUT2D eigenvalue weighted by Crippen LogP contribution is -2.50. The zero-order valence-electron chi connectivity index (χ0n) is 15.3. The molecule has 27 heavy (non-hydrogen) atoms. The van der Waals surface area contributed by atoms with Crippen LogP contribution in [0.3, 0.4) is 0 Å². The van der Waals surface area contributed by atoms with E-state index in [1.807, 2.05) is 35.2 Å². The van der Waals surface area contributed by atoms with Crippen molar-refractivity contribution in [1.82, 2.24) is 14.9 Å². The Morgan fingerprint density at radius 1 is 1.15 bits per heavy atom. The molecule has 1 aliphatic heterocycles. The minimum Gasteiger partial charge on any atom is -0.484 e. The number of benzene rings is 1. The molecule has 3 aromatic rings. The van der Waals surface area contributed by atoms with Gasteiger partial charge in [0.1, 0.15) is 22.7 Å². The molecule has 4 rings (SSSR count). The van der Waals surface area contributed by atoms with Crippen molar-refractivity contribution in [3.63, 3.8) is 0 Å². The van der Waals surface area contributed by atoms with Gasteiger partial charge in [-0.25, -0.2) is 9.97 Å². The number of ether oxygens (including phenoxy) is 1. The van der Waals surface area contributed by atoms with E-state index in [1.165, 1.54) is 4.88 Å². The van der Waals surface area contributed by atoms with Gasteiger partial charge in [0, 0.05) is 31.1 Å². The number of carbonyl (C=O) groups is 1. The first kappa shape index (κ1) is 17.7. The van der Waals surface area contributed by atoms with E-state index in [4.69, 9.17) is 4.74 Å². The molecular weight excluding hydrogens is 360 g/mol. The molecule has 3 heterocycles. The number of anilines is 1. The standard InChI is InChI=1S/C20H22N4O2S/c1-2-16-12-17-19(21-14-22-20(17)27-16)24-10-8-23(9-11-24)18(25)13-26-15-6-4-3-5-7-15/h3-7,12,14H,2,8-11,13H2,1H3. The summed E-state index contributed by atoms with van der Waals surface area (Å²) in [5.41, 5.74) is 0. The van der Waals surface area contributed by atoms with Crippen LogP contribution in [-0.4, -0.2) is 53.6 Å². The molecule has 1 aliphatic rings. The number of nitrogens with zero attached hydrogens (tertiary/aromatic N) is 4. The maximum absolute atomic E-state index is 12.4. The van der Waals surface area contributed by atoms with E-state index >= 15 is 0 Å². The number of carbonyl (C=O) groups excluding carboxylic acids is 1. The second kappa shape index (κ2) is 7.92. The summed E-state index contributed by atoms with van der Waals surface area (Å²) < 4.78 is 5.58. The second-order valence-corrected chi connectivity index (χ2v) is 7.57. The summed E-state index contributed by atoms with van der Waals surface area (Å²) in [6.45, 7) is 5.10. The highest BCUT2D eigenvalue weighted by Crippen LogP contribution is 2.30. The maximum atomic E-state index is 12.4. The zero-order chi connectivity index (χ0) is 18.6. The third-order valence-electron chi connectivity index (χ3n) is 4.75. The van der Waals surface area contributed by atoms with Crippen LogP contribution in [0.4, 0.5) is 5.82 Å². The first-order valence-electron chi connectivity index (χ1n) is 9.18. The number of piperazine rings is 1. The van der Waals surface area contributed by atoms with Crippen molar-refractivity contribution in [3.8, 4) is 5.75 Å². The first-order chi connectivity index (χ1) is 13.2. The van der Waals surface area contributed by atoms with Gasteiger partial charge in [0.15, 0.2) is 6.61 Å². The van der Waals surface area contributed by atoms with Crippen LogP contribution in [0.15, 0.2) is 42.7 Å². The molecule has 6 nitrogen and oxygen atoms in total. The average molecular weight is 382 g/mol. The fourth-order valence-electron chi connectivity index (χ4n) is 3.24. The van der Waals surface area contributed by atoms with Crippen molar-refractivity contribution in [2.45, 2.75) is 13.3 Å². The fourth-order valence-corrected chi connectivity index (χ4v) is 4.17. The molecule has 0 unspecified atom stereocenters. The Hall–Kier alpha value is -2.67. The van der Waals surface area contributed by atoms with Crippen LogP contribution < -0.4 is 9.64 Å². The maximum Gasteiger partial charge on any atom is 0.260 e. The van der Waals surface area contributed by atoms with E-state index in [1.54, 1.807) is 17.7 Å². The number of hydrogen-bond donors (Lipinski definition) is 0. The van der Waals surface area contributed by atoms with E-state index in [2.05, 4.69) is 27.9 Å². The lowest BCUT2D eigenvalue weighted by molar-refractivity contribution is -0.133. The number of hydrogen-bond acceptors (Lipinski definition) is 6. The van der Waals surface area contributed by atoms with Crippen LogP contribution in [0, 0.1) is 0 Å². The third-order valence-corrected chi connectivity index (χ3v) is 5.93. The Kier molecular flexibility index (Phi) is 5.20. The topological polar surface area (TPSA) is 58.6 Å². The van der Waals surface area contributed by atoms with Gasteiger partial charge in [-0.3, -0.25) is 4.79 Å². The molecule has 0 N–H and O–H groups in total. The largest absolute Gasteiger partial charge is 0.484 e. The molecule has 0 atom stereocenters. The van der Waals surface area contributed by atoms with Crippen LogP contribution >= 0.6 is 11.3 Å². The van der Waals surface area contributed by atoms with E-state index in [0.29, 0.717) is 13.1 Å². The predicted octanol–water partition coefficient (Wildman–Crippen LogP) is 2.98. The molecule has 0 bridgehead atoms. The SMILES string of the molecule is CCc1cc2c(N3CCN(C(=O)COc4ccccc4)CC3)ncnc2s1. The van der Waals surface area contributed by atoms with Crippen molar-refractivity contribution in [3.05, 3.63) is 47.6 Å². The molecule has 1 aromatic carbocycles. The van der Waals surface area contributed by atoms with Gasteiger partial charge in [0.2, 0.25) is 0 Å². The summed E-state index contributed by atoms with van der Waals surface area (Å²) in [7, 11) is 0. The number of thiophene rings is 1. The molecule has 0 aliphatic carbocycles. The summed E-state index contributed by atoms with van der Waals surface area (Å²) in [6, 6.07) is 11.6. The zero-order valence-corrected chi connectivity index (χ0v) is 16.1. The van der Waals surface area contributed by atoms with E-state index in [-0.39, 0.29) is 12.5 Å². The Balaban J connectivity index is 1.37. The first-order valence-corrected chi connectivity index (χ1v) is 10.00. The lowest BCUT2D eigenvalue weighted by Gasteiger charge is -2.35. The molecule has 0 spiro atoms. The molecule has 1 fully saturated rings. The van der Waals surface area contributed by atoms with Crippen molar-refractivity contribution in [2.24, 2.45) is 0 Å². The summed E-state index contributed by atoms with van der Waals surface area (Å²) in [5.74, 6) is 1.72. The number of fused-ring (bicyclic) bond motifs is 1. The van der Waals surface area contributed by atoms with Crippen molar-refractivity contribution in [1.29, 1.82) is 0 Å². The second-order valence-electron chi connectivity index (χ2n) is 6.45. The summed E-state index contributed by atoms with van der Waals surface area (Å²) in [4.78, 5) is 27.8. The summed E-state index contributed by atoms with van der Waals surface area (Å²) in [6.07, 6.45) is 2.64. The van der Waals surface area contributed by atoms with Crippen molar-refractivity contribution in [2.75, 3.05) is 37.7 Å². The lowest BCUT2D eigenvalue weighted by atomic mass is 10.2. The van der Waals surface area contributed by atoms with E-state index < -0.39 is 0 Å². The number of amides is 1. The van der Waals surface area contributed by atoms with Gasteiger partial charge in [0.05, 0.1) is 5.39 Å². The Bertz CT molecular complexity index is 920. The van der Waals surface area contributed by atoms with Crippen LogP contribution in [-0.2, 0) is 11.2 Å². The number of para-hydroxylation sites is 1. The molecule has 0 saturated carbocycles. The fraction of sp³-hybridized carbons (Fsp3) is 0.350. The van der Waals surface area contributed by atoms with Gasteiger partial charge in [-0.1, -0.05) is 25.1 Å². The average Bonchev–Trinajstić information content (AvgIpc) is 3.16. The minimum atomic E-state index is 0.0233. The number of aromatic nitrogens is 2. The number of rotatable bonds is 5. The quantitative estimate of drug-likeness (QED) is 0.679. The highest BCUT2D eigenvalue weighted by molar-refractivity contribution is 7.18. The van der Waals surface area contributed by atoms with Gasteiger partial charge < -0.3 is 14.5 Å². The van der Waals surface area contributed by atoms with Gasteiger partial charge in [-0.05, 0) is 24.6 Å². The van der Waals surface area contributed by atoms with Crippen LogP contribution in [0.2, 0.25) is 0 Å². The smallest absolute Gasteiger partial charge is 0.260 e. The van der Waals surface area contributed by atoms with Gasteiger partial charge in [0.25, 0.3) is 5.91 Å². The molecule has 7 heteroatoms. The molecule has 140 valence electrons. The van der Waals surface area contributed by atoms with E-state index in [0.717, 1.165) is 41.3 Å². The Morgan fingerprint density at radius 2 is 1.93 bits per heavy atom. The van der Waals surface area contributed by atoms with Crippen molar-refractivity contribution < 1.29 is 9.53 Å². The molecule has 1 saturated heterocycles. The molecule has 0 radical (unpaired) electrons. The van der Waals surface area contributed by atoms with Crippen LogP contribution in [0.1, 0.15) is 11.8 Å². The highest BCUT2D eigenvalue weighted by Gasteiger charge is 2.24. The van der Waals surface area contributed by atoms with Crippen LogP contribution in [0.5, 0.6) is 5.75 Å². The minimum absolute atomic E-state index is 0.0233. The van der Waals surface area contributed by atoms with E-state index in [9.17, 15) is 4.79 Å². The number of aryl methyl sites for hydroxylation is 1. The van der Waals surface area contributed by atoms with Crippen molar-refractivity contribution >= 4 is 33.3 Å². The Labute approximate surface area is 162 Å². The summed E-state index contributed by atoms with van der Waals surface area (Å²) >= 11 is 1.73. The highest BCUT2D eigenvalue weighted by atomic mass is 32.1. The Morgan fingerprint density at radius 3 is 2.67 bits per heavy atom.